The highest BCUT2D eigenvalue weighted by Crippen LogP contribution is 2.28. The summed E-state index contributed by atoms with van der Waals surface area (Å²) in [6, 6.07) is 4.95. The number of piperidine rings is 1. The molecule has 1 unspecified atom stereocenters. The van der Waals surface area contributed by atoms with Crippen molar-refractivity contribution in [1.82, 2.24) is 5.32 Å². The van der Waals surface area contributed by atoms with Gasteiger partial charge in [0, 0.05) is 6.61 Å². The van der Waals surface area contributed by atoms with Gasteiger partial charge in [0.25, 0.3) is 0 Å². The first kappa shape index (κ1) is 19.0. The number of carbonyl (C=O) groups excluding carboxylic acids is 1. The van der Waals surface area contributed by atoms with Crippen LogP contribution in [-0.4, -0.2) is 45.0 Å². The van der Waals surface area contributed by atoms with Crippen LogP contribution in [0.5, 0.6) is 5.75 Å². The zero-order valence-corrected chi connectivity index (χ0v) is 15.1. The highest BCUT2D eigenvalue weighted by Gasteiger charge is 2.17. The molecule has 1 aromatic rings. The number of ether oxygens (including phenoxy) is 3. The van der Waals surface area contributed by atoms with Gasteiger partial charge in [-0.15, -0.1) is 0 Å². The van der Waals surface area contributed by atoms with E-state index in [1.807, 2.05) is 0 Å². The number of esters is 1. The summed E-state index contributed by atoms with van der Waals surface area (Å²) in [5.74, 6) is 0.224. The summed E-state index contributed by atoms with van der Waals surface area (Å²) >= 11 is 6.10. The molecular weight excluding hydrogens is 330 g/mol. The average molecular weight is 356 g/mol. The van der Waals surface area contributed by atoms with Crippen molar-refractivity contribution in [1.29, 1.82) is 0 Å². The molecule has 1 aromatic carbocycles. The molecular formula is C18H26ClNO4. The Labute approximate surface area is 148 Å². The van der Waals surface area contributed by atoms with E-state index in [0.29, 0.717) is 22.4 Å². The third kappa shape index (κ3) is 5.96. The van der Waals surface area contributed by atoms with Crippen molar-refractivity contribution in [2.45, 2.75) is 44.8 Å². The van der Waals surface area contributed by atoms with E-state index in [9.17, 15) is 4.79 Å². The van der Waals surface area contributed by atoms with E-state index in [-0.39, 0.29) is 6.10 Å². The van der Waals surface area contributed by atoms with Gasteiger partial charge in [-0.25, -0.2) is 4.79 Å². The molecule has 0 aliphatic carbocycles. The highest BCUT2D eigenvalue weighted by atomic mass is 35.5. The van der Waals surface area contributed by atoms with Crippen molar-refractivity contribution in [3.63, 3.8) is 0 Å². The summed E-state index contributed by atoms with van der Waals surface area (Å²) in [4.78, 5) is 11.3. The number of hydrogen-bond acceptors (Lipinski definition) is 5. The summed E-state index contributed by atoms with van der Waals surface area (Å²) < 4.78 is 15.6. The van der Waals surface area contributed by atoms with Crippen LogP contribution in [0.4, 0.5) is 0 Å². The molecule has 0 amide bonds. The van der Waals surface area contributed by atoms with Gasteiger partial charge in [0.1, 0.15) is 11.9 Å². The van der Waals surface area contributed by atoms with Gasteiger partial charge in [0.05, 0.1) is 23.8 Å². The first-order valence-electron chi connectivity index (χ1n) is 8.47. The van der Waals surface area contributed by atoms with Gasteiger partial charge < -0.3 is 19.5 Å². The van der Waals surface area contributed by atoms with Crippen LogP contribution in [0, 0.1) is 0 Å². The minimum Gasteiger partial charge on any atom is -0.489 e. The lowest BCUT2D eigenvalue weighted by Gasteiger charge is -2.24. The summed E-state index contributed by atoms with van der Waals surface area (Å²) in [6.45, 7) is 5.03. The van der Waals surface area contributed by atoms with Gasteiger partial charge in [-0.3, -0.25) is 0 Å². The SMILES string of the molecule is CC1CCCO1.COC(=O)c1ccc(OC2CCNCC2)c(Cl)c1. The fraction of sp³-hybridized carbons (Fsp3) is 0.611. The maximum Gasteiger partial charge on any atom is 0.337 e. The minimum atomic E-state index is -0.398. The van der Waals surface area contributed by atoms with E-state index in [2.05, 4.69) is 17.0 Å². The lowest BCUT2D eigenvalue weighted by molar-refractivity contribution is 0.0600. The molecule has 1 N–H and O–H groups in total. The standard InChI is InChI=1S/C13H16ClNO3.C5H10O/c1-17-13(16)9-2-3-12(11(14)8-9)18-10-4-6-15-7-5-10;1-5-3-2-4-6-5/h2-3,8,10,15H,4-7H2,1H3;5H,2-4H2,1H3. The Bertz CT molecular complexity index is 526. The fourth-order valence-corrected chi connectivity index (χ4v) is 2.90. The quantitative estimate of drug-likeness (QED) is 0.842. The Morgan fingerprint density at radius 2 is 2.04 bits per heavy atom. The van der Waals surface area contributed by atoms with Crippen LogP contribution in [0.25, 0.3) is 0 Å². The van der Waals surface area contributed by atoms with Crippen molar-refractivity contribution in [3.8, 4) is 5.75 Å². The number of hydrogen-bond donors (Lipinski definition) is 1. The van der Waals surface area contributed by atoms with Crippen LogP contribution in [0.3, 0.4) is 0 Å². The zero-order chi connectivity index (χ0) is 17.4. The number of carbonyl (C=O) groups is 1. The molecule has 2 heterocycles. The lowest BCUT2D eigenvalue weighted by atomic mass is 10.1. The molecule has 134 valence electrons. The average Bonchev–Trinajstić information content (AvgIpc) is 3.08. The molecule has 1 atom stereocenters. The molecule has 24 heavy (non-hydrogen) atoms. The van der Waals surface area contributed by atoms with Gasteiger partial charge in [0.15, 0.2) is 0 Å². The molecule has 0 saturated carbocycles. The van der Waals surface area contributed by atoms with Crippen LogP contribution in [-0.2, 0) is 9.47 Å². The molecule has 2 aliphatic rings. The maximum absolute atomic E-state index is 11.3. The van der Waals surface area contributed by atoms with E-state index in [4.69, 9.17) is 21.1 Å². The molecule has 0 radical (unpaired) electrons. The molecule has 0 spiro atoms. The smallest absolute Gasteiger partial charge is 0.337 e. The number of benzene rings is 1. The van der Waals surface area contributed by atoms with Crippen LogP contribution in [0.1, 0.15) is 43.0 Å². The Morgan fingerprint density at radius 1 is 1.29 bits per heavy atom. The first-order valence-corrected chi connectivity index (χ1v) is 8.84. The van der Waals surface area contributed by atoms with Crippen LogP contribution < -0.4 is 10.1 Å². The van der Waals surface area contributed by atoms with Crippen LogP contribution in [0.2, 0.25) is 5.02 Å². The second kappa shape index (κ2) is 9.87. The number of methoxy groups -OCH3 is 1. The third-order valence-electron chi connectivity index (χ3n) is 4.09. The number of nitrogens with one attached hydrogen (secondary N) is 1. The molecule has 2 fully saturated rings. The Morgan fingerprint density at radius 3 is 2.54 bits per heavy atom. The molecule has 2 saturated heterocycles. The normalized spacial score (nSPS) is 20.9. The topological polar surface area (TPSA) is 56.8 Å². The number of halogens is 1. The van der Waals surface area contributed by atoms with Gasteiger partial charge in [-0.1, -0.05) is 11.6 Å². The Kier molecular flexibility index (Phi) is 7.82. The van der Waals surface area contributed by atoms with Crippen molar-refractivity contribution < 1.29 is 19.0 Å². The summed E-state index contributed by atoms with van der Waals surface area (Å²) in [5, 5.41) is 3.71. The van der Waals surface area contributed by atoms with Crippen molar-refractivity contribution in [2.24, 2.45) is 0 Å². The van der Waals surface area contributed by atoms with Crippen LogP contribution >= 0.6 is 11.6 Å². The van der Waals surface area contributed by atoms with Crippen molar-refractivity contribution >= 4 is 17.6 Å². The predicted molar refractivity (Wildman–Crippen MR) is 94.0 cm³/mol. The predicted octanol–water partition coefficient (Wildman–Crippen LogP) is 3.44. The molecule has 0 aromatic heterocycles. The maximum atomic E-state index is 11.3. The second-order valence-electron chi connectivity index (χ2n) is 6.03. The highest BCUT2D eigenvalue weighted by molar-refractivity contribution is 6.32. The Hall–Kier alpha value is -1.30. The first-order chi connectivity index (χ1) is 11.6. The molecule has 6 heteroatoms. The van der Waals surface area contributed by atoms with Crippen molar-refractivity contribution in [3.05, 3.63) is 28.8 Å². The Balaban J connectivity index is 0.000000292. The second-order valence-corrected chi connectivity index (χ2v) is 6.43. The largest absolute Gasteiger partial charge is 0.489 e. The van der Waals surface area contributed by atoms with Crippen LogP contribution in [0.15, 0.2) is 18.2 Å². The van der Waals surface area contributed by atoms with Crippen molar-refractivity contribution in [2.75, 3.05) is 26.8 Å². The van der Waals surface area contributed by atoms with E-state index in [1.54, 1.807) is 18.2 Å². The van der Waals surface area contributed by atoms with E-state index in [1.165, 1.54) is 20.0 Å². The molecule has 2 aliphatic heterocycles. The monoisotopic (exact) mass is 355 g/mol. The summed E-state index contributed by atoms with van der Waals surface area (Å²) in [6.07, 6.45) is 5.20. The lowest BCUT2D eigenvalue weighted by Crippen LogP contribution is -2.34. The van der Waals surface area contributed by atoms with Gasteiger partial charge in [0.2, 0.25) is 0 Å². The van der Waals surface area contributed by atoms with E-state index in [0.717, 1.165) is 32.5 Å². The minimum absolute atomic E-state index is 0.188. The van der Waals surface area contributed by atoms with Gasteiger partial charge in [-0.05, 0) is 63.9 Å². The van der Waals surface area contributed by atoms with E-state index < -0.39 is 5.97 Å². The van der Waals surface area contributed by atoms with E-state index >= 15 is 0 Å². The summed E-state index contributed by atoms with van der Waals surface area (Å²) in [7, 11) is 1.34. The molecule has 3 rings (SSSR count). The van der Waals surface area contributed by atoms with Gasteiger partial charge in [-0.2, -0.15) is 0 Å². The third-order valence-corrected chi connectivity index (χ3v) is 4.39. The molecule has 0 bridgehead atoms. The number of rotatable bonds is 3. The zero-order valence-electron chi connectivity index (χ0n) is 14.3. The fourth-order valence-electron chi connectivity index (χ4n) is 2.67. The summed E-state index contributed by atoms with van der Waals surface area (Å²) in [5.41, 5.74) is 0.431. The molecule has 5 nitrogen and oxygen atoms in total. The van der Waals surface area contributed by atoms with Gasteiger partial charge >= 0.3 is 5.97 Å².